The monoisotopic (exact) mass is 338 g/mol. The van der Waals surface area contributed by atoms with Crippen molar-refractivity contribution >= 4 is 33.2 Å². The number of hydrogen-bond acceptors (Lipinski definition) is 3. The number of nitrogens with zero attached hydrogens (tertiary/aromatic N) is 1. The molecule has 7 heteroatoms. The first-order valence-electron chi connectivity index (χ1n) is 6.38. The van der Waals surface area contributed by atoms with Crippen LogP contribution in [-0.4, -0.2) is 21.4 Å². The van der Waals surface area contributed by atoms with Crippen molar-refractivity contribution in [2.24, 2.45) is 5.73 Å². The van der Waals surface area contributed by atoms with Gasteiger partial charge in [-0.15, -0.1) is 0 Å². The van der Waals surface area contributed by atoms with Gasteiger partial charge >= 0.3 is 0 Å². The molecule has 0 radical (unpaired) electrons. The van der Waals surface area contributed by atoms with E-state index in [0.29, 0.717) is 21.8 Å². The summed E-state index contributed by atoms with van der Waals surface area (Å²) in [5, 5.41) is 0.349. The van der Waals surface area contributed by atoms with Crippen LogP contribution >= 0.6 is 11.6 Å². The fraction of sp³-hybridized carbons (Fsp3) is 0.133. The van der Waals surface area contributed by atoms with Crippen LogP contribution in [0.15, 0.2) is 47.4 Å². The highest BCUT2D eigenvalue weighted by atomic mass is 35.5. The number of carbonyl (C=O) groups is 1. The van der Waals surface area contributed by atoms with Gasteiger partial charge in [0.15, 0.2) is 0 Å². The highest BCUT2D eigenvalue weighted by Gasteiger charge is 2.23. The van der Waals surface area contributed by atoms with Crippen LogP contribution in [-0.2, 0) is 10.0 Å². The van der Waals surface area contributed by atoms with Crippen molar-refractivity contribution in [3.63, 3.8) is 0 Å². The average Bonchev–Trinajstić information content (AvgIpc) is 2.48. The van der Waals surface area contributed by atoms with Crippen LogP contribution in [0.3, 0.4) is 0 Å². The molecule has 2 aromatic rings. The molecule has 116 valence electrons. The van der Waals surface area contributed by atoms with Gasteiger partial charge in [-0.1, -0.05) is 17.7 Å². The van der Waals surface area contributed by atoms with E-state index in [2.05, 4.69) is 0 Å². The Kier molecular flexibility index (Phi) is 4.44. The lowest BCUT2D eigenvalue weighted by atomic mass is 10.2. The zero-order valence-electron chi connectivity index (χ0n) is 12.1. The number of rotatable bonds is 4. The number of nitrogens with two attached hydrogens (primary N) is 1. The van der Waals surface area contributed by atoms with E-state index in [9.17, 15) is 13.2 Å². The van der Waals surface area contributed by atoms with E-state index >= 15 is 0 Å². The second-order valence-electron chi connectivity index (χ2n) is 4.79. The molecule has 0 unspecified atom stereocenters. The number of primary amides is 1. The molecule has 0 aliphatic heterocycles. The number of aryl methyl sites for hydroxylation is 1. The van der Waals surface area contributed by atoms with Gasteiger partial charge in [-0.25, -0.2) is 8.42 Å². The number of amides is 1. The second kappa shape index (κ2) is 5.98. The second-order valence-corrected chi connectivity index (χ2v) is 7.17. The molecule has 0 aliphatic carbocycles. The van der Waals surface area contributed by atoms with Gasteiger partial charge in [0.2, 0.25) is 5.91 Å². The Labute approximate surface area is 134 Å². The van der Waals surface area contributed by atoms with Gasteiger partial charge in [-0.2, -0.15) is 0 Å². The normalized spacial score (nSPS) is 11.2. The summed E-state index contributed by atoms with van der Waals surface area (Å²) in [6.07, 6.45) is 0. The van der Waals surface area contributed by atoms with Crippen molar-refractivity contribution in [2.45, 2.75) is 11.8 Å². The van der Waals surface area contributed by atoms with Gasteiger partial charge in [0.1, 0.15) is 0 Å². The highest BCUT2D eigenvalue weighted by molar-refractivity contribution is 7.92. The quantitative estimate of drug-likeness (QED) is 0.930. The molecule has 0 aromatic heterocycles. The molecule has 0 saturated carbocycles. The van der Waals surface area contributed by atoms with Gasteiger partial charge < -0.3 is 5.73 Å². The molecule has 0 fully saturated rings. The highest BCUT2D eigenvalue weighted by Crippen LogP contribution is 2.26. The van der Waals surface area contributed by atoms with Gasteiger partial charge in [0, 0.05) is 17.6 Å². The van der Waals surface area contributed by atoms with E-state index in [4.69, 9.17) is 17.3 Å². The number of anilines is 1. The largest absolute Gasteiger partial charge is 0.366 e. The molecule has 5 nitrogen and oxygen atoms in total. The lowest BCUT2D eigenvalue weighted by Crippen LogP contribution is -2.27. The number of hydrogen-bond donors (Lipinski definition) is 1. The number of benzene rings is 2. The first-order chi connectivity index (χ1) is 10.2. The standard InChI is InChI=1S/C15H15ClN2O3S/c1-10-3-6-12(16)9-14(10)22(20,21)18(2)13-7-4-11(5-8-13)15(17)19/h3-9H,1-2H3,(H2,17,19). The third-order valence-electron chi connectivity index (χ3n) is 3.30. The van der Waals surface area contributed by atoms with Gasteiger partial charge in [-0.05, 0) is 48.9 Å². The molecular weight excluding hydrogens is 324 g/mol. The van der Waals surface area contributed by atoms with E-state index in [1.807, 2.05) is 0 Å². The summed E-state index contributed by atoms with van der Waals surface area (Å²) in [5.74, 6) is -0.567. The Morgan fingerprint density at radius 1 is 1.14 bits per heavy atom. The molecule has 2 aromatic carbocycles. The first-order valence-corrected chi connectivity index (χ1v) is 8.20. The maximum Gasteiger partial charge on any atom is 0.264 e. The fourth-order valence-electron chi connectivity index (χ4n) is 1.97. The summed E-state index contributed by atoms with van der Waals surface area (Å²) in [4.78, 5) is 11.2. The van der Waals surface area contributed by atoms with Crippen molar-refractivity contribution in [1.29, 1.82) is 0 Å². The summed E-state index contributed by atoms with van der Waals surface area (Å²) in [6, 6.07) is 10.7. The Morgan fingerprint density at radius 3 is 2.27 bits per heavy atom. The van der Waals surface area contributed by atoms with Crippen molar-refractivity contribution in [2.75, 3.05) is 11.4 Å². The smallest absolute Gasteiger partial charge is 0.264 e. The van der Waals surface area contributed by atoms with E-state index < -0.39 is 15.9 Å². The Balaban J connectivity index is 2.44. The molecule has 2 rings (SSSR count). The van der Waals surface area contributed by atoms with Crippen LogP contribution < -0.4 is 10.0 Å². The summed E-state index contributed by atoms with van der Waals surface area (Å²) in [5.41, 5.74) is 6.50. The molecule has 2 N–H and O–H groups in total. The Hall–Kier alpha value is -2.05. The third kappa shape index (κ3) is 3.08. The predicted molar refractivity (Wildman–Crippen MR) is 86.7 cm³/mol. The lowest BCUT2D eigenvalue weighted by molar-refractivity contribution is 0.100. The van der Waals surface area contributed by atoms with Crippen molar-refractivity contribution < 1.29 is 13.2 Å². The van der Waals surface area contributed by atoms with Gasteiger partial charge in [0.05, 0.1) is 10.6 Å². The molecule has 1 amide bonds. The van der Waals surface area contributed by atoms with E-state index in [-0.39, 0.29) is 4.90 Å². The zero-order valence-corrected chi connectivity index (χ0v) is 13.6. The topological polar surface area (TPSA) is 80.5 Å². The Morgan fingerprint density at radius 2 is 1.73 bits per heavy atom. The molecule has 0 atom stereocenters. The molecule has 0 heterocycles. The van der Waals surface area contributed by atoms with E-state index in [1.54, 1.807) is 19.1 Å². The van der Waals surface area contributed by atoms with E-state index in [0.717, 1.165) is 4.31 Å². The zero-order chi connectivity index (χ0) is 16.5. The van der Waals surface area contributed by atoms with Crippen molar-refractivity contribution in [3.8, 4) is 0 Å². The summed E-state index contributed by atoms with van der Waals surface area (Å²) >= 11 is 5.89. The van der Waals surface area contributed by atoms with Crippen LogP contribution in [0.2, 0.25) is 5.02 Å². The molecule has 0 aliphatic rings. The van der Waals surface area contributed by atoms with Gasteiger partial charge in [-0.3, -0.25) is 9.10 Å². The number of sulfonamides is 1. The third-order valence-corrected chi connectivity index (χ3v) is 5.47. The number of halogens is 1. The maximum atomic E-state index is 12.7. The summed E-state index contributed by atoms with van der Waals surface area (Å²) in [6.45, 7) is 1.70. The van der Waals surface area contributed by atoms with Crippen LogP contribution in [0.25, 0.3) is 0 Å². The minimum atomic E-state index is -3.75. The Bertz CT molecular complexity index is 817. The predicted octanol–water partition coefficient (Wildman–Crippen LogP) is 2.57. The maximum absolute atomic E-state index is 12.7. The first kappa shape index (κ1) is 16.3. The minimum absolute atomic E-state index is 0.140. The number of carbonyl (C=O) groups excluding carboxylic acids is 1. The molecule has 0 spiro atoms. The SMILES string of the molecule is Cc1ccc(Cl)cc1S(=O)(=O)N(C)c1ccc(C(N)=O)cc1. The fourth-order valence-corrected chi connectivity index (χ4v) is 3.66. The van der Waals surface area contributed by atoms with Crippen molar-refractivity contribution in [3.05, 3.63) is 58.6 Å². The molecule has 22 heavy (non-hydrogen) atoms. The summed E-state index contributed by atoms with van der Waals surface area (Å²) < 4.78 is 26.5. The van der Waals surface area contributed by atoms with E-state index in [1.165, 1.54) is 37.4 Å². The van der Waals surface area contributed by atoms with Crippen LogP contribution in [0.4, 0.5) is 5.69 Å². The van der Waals surface area contributed by atoms with Crippen LogP contribution in [0.5, 0.6) is 0 Å². The molecular formula is C15H15ClN2O3S. The van der Waals surface area contributed by atoms with Crippen LogP contribution in [0, 0.1) is 6.92 Å². The summed E-state index contributed by atoms with van der Waals surface area (Å²) in [7, 11) is -2.31. The van der Waals surface area contributed by atoms with Crippen LogP contribution in [0.1, 0.15) is 15.9 Å². The molecule has 0 saturated heterocycles. The van der Waals surface area contributed by atoms with Gasteiger partial charge in [0.25, 0.3) is 10.0 Å². The lowest BCUT2D eigenvalue weighted by Gasteiger charge is -2.21. The minimum Gasteiger partial charge on any atom is -0.366 e. The van der Waals surface area contributed by atoms with Crippen molar-refractivity contribution in [1.82, 2.24) is 0 Å². The molecule has 0 bridgehead atoms. The average molecular weight is 339 g/mol.